The Hall–Kier alpha value is -1.88. The molecule has 4 fully saturated rings. The molecular formula is C36H48ClIO8. The molecule has 4 aliphatic rings. The van der Waals surface area contributed by atoms with Crippen LogP contribution in [0.5, 0.6) is 0 Å². The quantitative estimate of drug-likeness (QED) is 0.116. The summed E-state index contributed by atoms with van der Waals surface area (Å²) in [7, 11) is 1.39. The van der Waals surface area contributed by atoms with Gasteiger partial charge < -0.3 is 18.9 Å². The van der Waals surface area contributed by atoms with Gasteiger partial charge in [-0.2, -0.15) is 0 Å². The smallest absolute Gasteiger partial charge is 0.338 e. The van der Waals surface area contributed by atoms with Gasteiger partial charge in [0.15, 0.2) is 0 Å². The predicted octanol–water partition coefficient (Wildman–Crippen LogP) is 7.51. The number of esters is 4. The average molecular weight is 771 g/mol. The number of fused-ring (bicyclic) bond motifs is 5. The lowest BCUT2D eigenvalue weighted by atomic mass is 9.43. The molecule has 0 aliphatic heterocycles. The molecule has 8 nitrogen and oxygen atoms in total. The highest BCUT2D eigenvalue weighted by Gasteiger charge is 2.72. The number of rotatable bonds is 8. The van der Waals surface area contributed by atoms with E-state index < -0.39 is 16.4 Å². The van der Waals surface area contributed by atoms with Gasteiger partial charge in [-0.1, -0.05) is 26.8 Å². The van der Waals surface area contributed by atoms with Gasteiger partial charge in [0.05, 0.1) is 17.5 Å². The highest BCUT2D eigenvalue weighted by molar-refractivity contribution is 14.1. The summed E-state index contributed by atoms with van der Waals surface area (Å²) in [5.41, 5.74) is -0.230. The molecule has 254 valence electrons. The van der Waals surface area contributed by atoms with E-state index in [1.165, 1.54) is 21.0 Å². The summed E-state index contributed by atoms with van der Waals surface area (Å²) in [5, 5.41) is 0. The molecule has 0 amide bonds. The zero-order valence-corrected chi connectivity index (χ0v) is 30.7. The van der Waals surface area contributed by atoms with Crippen molar-refractivity contribution in [2.75, 3.05) is 7.11 Å². The summed E-state index contributed by atoms with van der Waals surface area (Å²) >= 11 is 9.98. The van der Waals surface area contributed by atoms with Crippen molar-refractivity contribution >= 4 is 58.1 Å². The Balaban J connectivity index is 1.56. The van der Waals surface area contributed by atoms with Crippen molar-refractivity contribution < 1.29 is 38.1 Å². The normalized spacial score (nSPS) is 38.7. The van der Waals surface area contributed by atoms with Gasteiger partial charge in [0.2, 0.25) is 0 Å². The lowest BCUT2D eigenvalue weighted by Gasteiger charge is -2.65. The van der Waals surface area contributed by atoms with Crippen molar-refractivity contribution in [1.29, 1.82) is 0 Å². The number of methoxy groups -OCH3 is 1. The Bertz CT molecular complexity index is 1350. The number of carbonyl (C=O) groups is 4. The van der Waals surface area contributed by atoms with Gasteiger partial charge in [0.25, 0.3) is 0 Å². The van der Waals surface area contributed by atoms with Gasteiger partial charge in [-0.05, 0) is 121 Å². The Morgan fingerprint density at radius 2 is 1.70 bits per heavy atom. The molecule has 4 aliphatic carbocycles. The molecule has 1 aromatic rings. The minimum Gasteiger partial charge on any atom is -0.469 e. The molecule has 0 aromatic heterocycles. The van der Waals surface area contributed by atoms with E-state index in [1.807, 2.05) is 18.2 Å². The van der Waals surface area contributed by atoms with Crippen LogP contribution in [0.1, 0.15) is 103 Å². The van der Waals surface area contributed by atoms with E-state index in [-0.39, 0.29) is 77.5 Å². The van der Waals surface area contributed by atoms with Crippen molar-refractivity contribution in [2.24, 2.45) is 40.4 Å². The van der Waals surface area contributed by atoms with Crippen LogP contribution in [0.25, 0.3) is 0 Å². The van der Waals surface area contributed by atoms with E-state index in [0.29, 0.717) is 37.7 Å². The van der Waals surface area contributed by atoms with Gasteiger partial charge >= 0.3 is 23.9 Å². The molecule has 10 unspecified atom stereocenters. The summed E-state index contributed by atoms with van der Waals surface area (Å²) in [5.74, 6) is -1.01. The number of ether oxygens (including phenoxy) is 4. The first-order valence-corrected chi connectivity index (χ1v) is 18.2. The summed E-state index contributed by atoms with van der Waals surface area (Å²) in [6.45, 7) is 9.50. The first-order chi connectivity index (χ1) is 21.6. The molecule has 0 spiro atoms. The fraction of sp³-hybridized carbons (Fsp3) is 0.722. The molecule has 0 heterocycles. The van der Waals surface area contributed by atoms with Crippen LogP contribution in [-0.2, 0) is 33.3 Å². The number of hydrogen-bond acceptors (Lipinski definition) is 8. The van der Waals surface area contributed by atoms with Crippen LogP contribution in [-0.4, -0.2) is 54.2 Å². The second kappa shape index (κ2) is 13.6. The minimum absolute atomic E-state index is 0.00324. The Morgan fingerprint density at radius 1 is 0.978 bits per heavy atom. The van der Waals surface area contributed by atoms with E-state index in [9.17, 15) is 19.2 Å². The SMILES string of the molecule is COC(=O)CC[C@@H](C)C1(Cl)CCC2C3C(OC(=O)c4cccc(I)c4)CC4CC(OC(C)=O)CCC4(C)C3CC(OC(C)=O)C21C. The Kier molecular flexibility index (Phi) is 10.4. The number of benzene rings is 1. The predicted molar refractivity (Wildman–Crippen MR) is 181 cm³/mol. The third kappa shape index (κ3) is 6.32. The van der Waals surface area contributed by atoms with E-state index in [2.05, 4.69) is 43.4 Å². The van der Waals surface area contributed by atoms with Crippen LogP contribution in [0.2, 0.25) is 0 Å². The number of halogens is 2. The van der Waals surface area contributed by atoms with Crippen LogP contribution in [0.3, 0.4) is 0 Å². The summed E-state index contributed by atoms with van der Waals surface area (Å²) in [6, 6.07) is 7.43. The van der Waals surface area contributed by atoms with E-state index >= 15 is 0 Å². The molecule has 4 saturated carbocycles. The minimum atomic E-state index is -0.744. The largest absolute Gasteiger partial charge is 0.469 e. The third-order valence-electron chi connectivity index (χ3n) is 12.6. The molecule has 0 saturated heterocycles. The fourth-order valence-corrected chi connectivity index (χ4v) is 11.3. The van der Waals surface area contributed by atoms with Crippen molar-refractivity contribution in [1.82, 2.24) is 0 Å². The van der Waals surface area contributed by atoms with Gasteiger partial charge in [0.1, 0.15) is 18.3 Å². The van der Waals surface area contributed by atoms with Crippen LogP contribution in [0, 0.1) is 44.0 Å². The van der Waals surface area contributed by atoms with Crippen molar-refractivity contribution in [3.63, 3.8) is 0 Å². The van der Waals surface area contributed by atoms with Crippen molar-refractivity contribution in [2.45, 2.75) is 116 Å². The summed E-state index contributed by atoms with van der Waals surface area (Å²) in [6.07, 6.45) is 4.96. The molecular weight excluding hydrogens is 723 g/mol. The Labute approximate surface area is 291 Å². The highest BCUT2D eigenvalue weighted by atomic mass is 127. The molecule has 0 radical (unpaired) electrons. The Morgan fingerprint density at radius 3 is 2.35 bits per heavy atom. The van der Waals surface area contributed by atoms with Gasteiger partial charge in [-0.15, -0.1) is 11.6 Å². The first-order valence-electron chi connectivity index (χ1n) is 16.7. The lowest BCUT2D eigenvalue weighted by Crippen LogP contribution is -2.66. The summed E-state index contributed by atoms with van der Waals surface area (Å²) < 4.78 is 24.4. The standard InChI is InChI=1S/C36H48ClIO8/c1-20(10-11-31(41)43-6)36(37)15-13-27-32-28(19-30(35(27,36)5)45-22(3)40)34(4)14-12-26(44-21(2)39)17-24(34)18-29(32)46-33(42)23-8-7-9-25(38)16-23/h7-9,16,20,24,26-30,32H,10-15,17-19H2,1-6H3/t20-,24?,26?,27?,28?,29?,30?,32?,34?,35?,36?/m1/s1. The molecule has 1 aromatic carbocycles. The number of alkyl halides is 1. The zero-order valence-electron chi connectivity index (χ0n) is 27.8. The van der Waals surface area contributed by atoms with Crippen molar-refractivity contribution in [3.05, 3.63) is 33.4 Å². The fourth-order valence-electron chi connectivity index (χ4n) is 10.3. The molecule has 5 rings (SSSR count). The van der Waals surface area contributed by atoms with Crippen LogP contribution < -0.4 is 0 Å². The van der Waals surface area contributed by atoms with Crippen LogP contribution in [0.15, 0.2) is 24.3 Å². The van der Waals surface area contributed by atoms with E-state index in [4.69, 9.17) is 30.5 Å². The van der Waals surface area contributed by atoms with Crippen molar-refractivity contribution in [3.8, 4) is 0 Å². The van der Waals surface area contributed by atoms with Gasteiger partial charge in [0, 0.05) is 35.2 Å². The third-order valence-corrected chi connectivity index (χ3v) is 14.2. The average Bonchev–Trinajstić information content (AvgIpc) is 3.28. The molecule has 0 bridgehead atoms. The molecule has 10 heteroatoms. The molecule has 11 atom stereocenters. The second-order valence-corrected chi connectivity index (χ2v) is 16.6. The zero-order chi connectivity index (χ0) is 33.6. The van der Waals surface area contributed by atoms with Crippen LogP contribution in [0.4, 0.5) is 0 Å². The van der Waals surface area contributed by atoms with Crippen LogP contribution >= 0.6 is 34.2 Å². The van der Waals surface area contributed by atoms with E-state index in [1.54, 1.807) is 6.07 Å². The van der Waals surface area contributed by atoms with Gasteiger partial charge in [-0.3, -0.25) is 14.4 Å². The first kappa shape index (κ1) is 35.4. The maximum absolute atomic E-state index is 13.8. The molecule has 0 N–H and O–H groups in total. The second-order valence-electron chi connectivity index (χ2n) is 14.7. The molecule has 46 heavy (non-hydrogen) atoms. The van der Waals surface area contributed by atoms with Gasteiger partial charge in [-0.25, -0.2) is 4.79 Å². The topological polar surface area (TPSA) is 105 Å². The lowest BCUT2D eigenvalue weighted by molar-refractivity contribution is -0.216. The summed E-state index contributed by atoms with van der Waals surface area (Å²) in [4.78, 5) is 49.7. The maximum atomic E-state index is 13.8. The monoisotopic (exact) mass is 770 g/mol. The highest BCUT2D eigenvalue weighted by Crippen LogP contribution is 2.72. The number of carbonyl (C=O) groups excluding carboxylic acids is 4. The maximum Gasteiger partial charge on any atom is 0.338 e. The number of hydrogen-bond donors (Lipinski definition) is 0. The van der Waals surface area contributed by atoms with E-state index in [0.717, 1.165) is 22.8 Å².